The van der Waals surface area contributed by atoms with Gasteiger partial charge in [-0.25, -0.2) is 4.98 Å². The van der Waals surface area contributed by atoms with E-state index in [2.05, 4.69) is 4.98 Å². The predicted octanol–water partition coefficient (Wildman–Crippen LogP) is 1.34. The van der Waals surface area contributed by atoms with Crippen molar-refractivity contribution in [2.24, 2.45) is 5.41 Å². The lowest BCUT2D eigenvalue weighted by Gasteiger charge is -2.21. The van der Waals surface area contributed by atoms with E-state index in [1.54, 1.807) is 25.3 Å². The van der Waals surface area contributed by atoms with Crippen molar-refractivity contribution in [3.05, 3.63) is 23.9 Å². The minimum atomic E-state index is -0.0114. The lowest BCUT2D eigenvalue weighted by atomic mass is 9.87. The Bertz CT molecular complexity index is 483. The van der Waals surface area contributed by atoms with E-state index in [1.807, 2.05) is 4.90 Å². The predicted molar refractivity (Wildman–Crippen MR) is 69.2 cm³/mol. The molecule has 1 aromatic heterocycles. The van der Waals surface area contributed by atoms with Crippen LogP contribution in [-0.4, -0.2) is 49.2 Å². The van der Waals surface area contributed by atoms with Crippen molar-refractivity contribution in [2.45, 2.75) is 12.8 Å². The van der Waals surface area contributed by atoms with Crippen molar-refractivity contribution >= 4 is 5.91 Å². The third-order valence-electron chi connectivity index (χ3n) is 4.06. The number of carbonyl (C=O) groups is 1. The highest BCUT2D eigenvalue weighted by atomic mass is 16.5. The SMILES string of the molecule is COc1cccc(C(=O)N2CC[C@]3(CCOC3)C2)n1. The van der Waals surface area contributed by atoms with Gasteiger partial charge in [-0.15, -0.1) is 0 Å². The Morgan fingerprint density at radius 2 is 2.37 bits per heavy atom. The van der Waals surface area contributed by atoms with Crippen LogP contribution in [-0.2, 0) is 4.74 Å². The zero-order valence-corrected chi connectivity index (χ0v) is 11.1. The Labute approximate surface area is 112 Å². The summed E-state index contributed by atoms with van der Waals surface area (Å²) in [5.74, 6) is 0.464. The summed E-state index contributed by atoms with van der Waals surface area (Å²) in [5.41, 5.74) is 0.643. The molecule has 0 aromatic carbocycles. The van der Waals surface area contributed by atoms with Crippen LogP contribution >= 0.6 is 0 Å². The Morgan fingerprint density at radius 3 is 3.11 bits per heavy atom. The van der Waals surface area contributed by atoms with Crippen molar-refractivity contribution < 1.29 is 14.3 Å². The number of rotatable bonds is 2. The summed E-state index contributed by atoms with van der Waals surface area (Å²) in [4.78, 5) is 18.5. The molecule has 0 saturated carbocycles. The molecule has 0 unspecified atom stereocenters. The lowest BCUT2D eigenvalue weighted by Crippen LogP contribution is -2.32. The Hall–Kier alpha value is -1.62. The molecular formula is C14H18N2O3. The molecule has 0 bridgehead atoms. The third-order valence-corrected chi connectivity index (χ3v) is 4.06. The number of amides is 1. The molecule has 1 spiro atoms. The van der Waals surface area contributed by atoms with Gasteiger partial charge in [0.05, 0.1) is 13.7 Å². The van der Waals surface area contributed by atoms with Crippen molar-refractivity contribution in [1.29, 1.82) is 0 Å². The van der Waals surface area contributed by atoms with Crippen molar-refractivity contribution in [2.75, 3.05) is 33.4 Å². The molecule has 1 aromatic rings. The molecule has 1 atom stereocenters. The van der Waals surface area contributed by atoms with Gasteiger partial charge in [0.25, 0.3) is 5.91 Å². The summed E-state index contributed by atoms with van der Waals surface area (Å²) in [7, 11) is 1.55. The smallest absolute Gasteiger partial charge is 0.272 e. The maximum absolute atomic E-state index is 12.4. The number of hydrogen-bond acceptors (Lipinski definition) is 4. The molecule has 0 radical (unpaired) electrons. The van der Waals surface area contributed by atoms with E-state index >= 15 is 0 Å². The van der Waals surface area contributed by atoms with Gasteiger partial charge < -0.3 is 14.4 Å². The molecule has 2 aliphatic heterocycles. The molecule has 2 fully saturated rings. The van der Waals surface area contributed by atoms with E-state index in [4.69, 9.17) is 9.47 Å². The summed E-state index contributed by atoms with van der Waals surface area (Å²) >= 11 is 0. The highest BCUT2D eigenvalue weighted by Gasteiger charge is 2.43. The molecule has 1 amide bonds. The topological polar surface area (TPSA) is 51.7 Å². The van der Waals surface area contributed by atoms with Gasteiger partial charge in [0, 0.05) is 31.2 Å². The van der Waals surface area contributed by atoms with Gasteiger partial charge in [-0.05, 0) is 18.9 Å². The number of carbonyl (C=O) groups excluding carboxylic acids is 1. The first-order chi connectivity index (χ1) is 9.22. The molecule has 0 N–H and O–H groups in total. The summed E-state index contributed by atoms with van der Waals surface area (Å²) in [6.45, 7) is 3.17. The van der Waals surface area contributed by atoms with Gasteiger partial charge in [-0.1, -0.05) is 6.07 Å². The fraction of sp³-hybridized carbons (Fsp3) is 0.571. The zero-order chi connectivity index (χ0) is 13.3. The van der Waals surface area contributed by atoms with Gasteiger partial charge in [-0.3, -0.25) is 4.79 Å². The summed E-state index contributed by atoms with van der Waals surface area (Å²) in [6.07, 6.45) is 2.09. The average Bonchev–Trinajstić information content (AvgIpc) is 3.09. The third kappa shape index (κ3) is 2.30. The molecule has 102 valence electrons. The van der Waals surface area contributed by atoms with Crippen LogP contribution in [0.2, 0.25) is 0 Å². The minimum absolute atomic E-state index is 0.0114. The van der Waals surface area contributed by atoms with Crippen LogP contribution in [0.4, 0.5) is 0 Å². The normalized spacial score (nSPS) is 26.1. The van der Waals surface area contributed by atoms with E-state index in [0.29, 0.717) is 11.6 Å². The van der Waals surface area contributed by atoms with Crippen LogP contribution in [0.15, 0.2) is 18.2 Å². The fourth-order valence-electron chi connectivity index (χ4n) is 2.89. The number of hydrogen-bond donors (Lipinski definition) is 0. The fourth-order valence-corrected chi connectivity index (χ4v) is 2.89. The summed E-state index contributed by atoms with van der Waals surface area (Å²) in [6, 6.07) is 5.28. The van der Waals surface area contributed by atoms with Gasteiger partial charge in [0.15, 0.2) is 0 Å². The Morgan fingerprint density at radius 1 is 1.47 bits per heavy atom. The largest absolute Gasteiger partial charge is 0.481 e. The van der Waals surface area contributed by atoms with E-state index in [-0.39, 0.29) is 11.3 Å². The first kappa shape index (κ1) is 12.4. The Kier molecular flexibility index (Phi) is 3.14. The average molecular weight is 262 g/mol. The Balaban J connectivity index is 1.74. The number of ether oxygens (including phenoxy) is 2. The van der Waals surface area contributed by atoms with Crippen LogP contribution in [0.3, 0.4) is 0 Å². The molecule has 2 aliphatic rings. The van der Waals surface area contributed by atoms with E-state index in [1.165, 1.54) is 0 Å². The maximum atomic E-state index is 12.4. The van der Waals surface area contributed by atoms with Crippen LogP contribution in [0.5, 0.6) is 5.88 Å². The van der Waals surface area contributed by atoms with Gasteiger partial charge >= 0.3 is 0 Å². The molecule has 3 rings (SSSR count). The van der Waals surface area contributed by atoms with Crippen molar-refractivity contribution in [1.82, 2.24) is 9.88 Å². The maximum Gasteiger partial charge on any atom is 0.272 e. The zero-order valence-electron chi connectivity index (χ0n) is 11.1. The van der Waals surface area contributed by atoms with Crippen LogP contribution in [0, 0.1) is 5.41 Å². The molecular weight excluding hydrogens is 244 g/mol. The summed E-state index contributed by atoms with van der Waals surface area (Å²) in [5, 5.41) is 0. The second-order valence-electron chi connectivity index (χ2n) is 5.34. The molecule has 3 heterocycles. The van der Waals surface area contributed by atoms with Gasteiger partial charge in [0.2, 0.25) is 5.88 Å². The lowest BCUT2D eigenvalue weighted by molar-refractivity contribution is 0.0759. The standard InChI is InChI=1S/C14H18N2O3/c1-18-12-4-2-3-11(15-12)13(17)16-7-5-14(9-16)6-8-19-10-14/h2-4H,5-10H2,1H3/t14-/m0/s1. The van der Waals surface area contributed by atoms with Crippen LogP contribution < -0.4 is 4.74 Å². The summed E-state index contributed by atoms with van der Waals surface area (Å²) < 4.78 is 10.5. The van der Waals surface area contributed by atoms with E-state index < -0.39 is 0 Å². The molecule has 5 nitrogen and oxygen atoms in total. The highest BCUT2D eigenvalue weighted by Crippen LogP contribution is 2.38. The second-order valence-corrected chi connectivity index (χ2v) is 5.34. The molecule has 2 saturated heterocycles. The van der Waals surface area contributed by atoms with Gasteiger partial charge in [-0.2, -0.15) is 0 Å². The number of aromatic nitrogens is 1. The number of nitrogens with zero attached hydrogens (tertiary/aromatic N) is 2. The van der Waals surface area contributed by atoms with Crippen LogP contribution in [0.25, 0.3) is 0 Å². The molecule has 5 heteroatoms. The van der Waals surface area contributed by atoms with E-state index in [9.17, 15) is 4.79 Å². The quantitative estimate of drug-likeness (QED) is 0.807. The first-order valence-electron chi connectivity index (χ1n) is 6.61. The second kappa shape index (κ2) is 4.81. The van der Waals surface area contributed by atoms with Crippen LogP contribution in [0.1, 0.15) is 23.3 Å². The van der Waals surface area contributed by atoms with Gasteiger partial charge in [0.1, 0.15) is 5.69 Å². The molecule has 19 heavy (non-hydrogen) atoms. The van der Waals surface area contributed by atoms with Crippen molar-refractivity contribution in [3.63, 3.8) is 0 Å². The highest BCUT2D eigenvalue weighted by molar-refractivity contribution is 5.92. The first-order valence-corrected chi connectivity index (χ1v) is 6.61. The number of likely N-dealkylation sites (tertiary alicyclic amines) is 1. The van der Waals surface area contributed by atoms with E-state index in [0.717, 1.165) is 39.1 Å². The monoisotopic (exact) mass is 262 g/mol. The van der Waals surface area contributed by atoms with Crippen molar-refractivity contribution in [3.8, 4) is 5.88 Å². The number of methoxy groups -OCH3 is 1. The number of pyridine rings is 1. The minimum Gasteiger partial charge on any atom is -0.481 e. The molecule has 0 aliphatic carbocycles.